The Morgan fingerprint density at radius 2 is 2.05 bits per heavy atom. The van der Waals surface area contributed by atoms with Gasteiger partial charge >= 0.3 is 0 Å². The number of aliphatic hydroxyl groups excluding tert-OH is 2. The van der Waals surface area contributed by atoms with E-state index in [4.69, 9.17) is 17.3 Å². The van der Waals surface area contributed by atoms with E-state index in [1.54, 1.807) is 18.2 Å². The van der Waals surface area contributed by atoms with E-state index in [-0.39, 0.29) is 12.3 Å². The largest absolute Gasteiger partial charge is 0.397 e. The van der Waals surface area contributed by atoms with Gasteiger partial charge in [-0.3, -0.25) is 9.69 Å². The fraction of sp³-hybridized carbons (Fsp3) is 0.462. The van der Waals surface area contributed by atoms with Crippen LogP contribution >= 0.6 is 11.6 Å². The molecule has 1 heterocycles. The minimum Gasteiger partial charge on any atom is -0.397 e. The quantitative estimate of drug-likeness (QED) is 0.599. The van der Waals surface area contributed by atoms with Gasteiger partial charge in [-0.2, -0.15) is 0 Å². The molecular formula is C13H18ClN3O3. The van der Waals surface area contributed by atoms with E-state index in [1.807, 2.05) is 4.90 Å². The summed E-state index contributed by atoms with van der Waals surface area (Å²) < 4.78 is 0. The first-order valence-electron chi connectivity index (χ1n) is 6.39. The van der Waals surface area contributed by atoms with Crippen LogP contribution in [0.5, 0.6) is 0 Å². The molecule has 1 amide bonds. The van der Waals surface area contributed by atoms with Crippen LogP contribution in [0.2, 0.25) is 5.02 Å². The summed E-state index contributed by atoms with van der Waals surface area (Å²) in [6.07, 6.45) is -1.18. The number of benzene rings is 1. The molecular weight excluding hydrogens is 282 g/mol. The number of rotatable bonds is 4. The van der Waals surface area contributed by atoms with Gasteiger partial charge in [-0.05, 0) is 18.2 Å². The van der Waals surface area contributed by atoms with E-state index in [0.29, 0.717) is 36.0 Å². The molecule has 20 heavy (non-hydrogen) atoms. The van der Waals surface area contributed by atoms with Crippen molar-refractivity contribution in [3.8, 4) is 0 Å². The van der Waals surface area contributed by atoms with E-state index in [1.165, 1.54) is 0 Å². The lowest BCUT2D eigenvalue weighted by molar-refractivity contribution is -0.116. The highest BCUT2D eigenvalue weighted by Gasteiger charge is 2.29. The summed E-state index contributed by atoms with van der Waals surface area (Å²) >= 11 is 5.80. The molecule has 110 valence electrons. The molecule has 1 fully saturated rings. The molecule has 2 unspecified atom stereocenters. The molecule has 0 spiro atoms. The Labute approximate surface area is 122 Å². The molecule has 1 aromatic rings. The van der Waals surface area contributed by atoms with E-state index in [2.05, 4.69) is 5.32 Å². The van der Waals surface area contributed by atoms with Gasteiger partial charge in [0, 0.05) is 31.7 Å². The first kappa shape index (κ1) is 15.1. The lowest BCUT2D eigenvalue weighted by atomic mass is 10.2. The van der Waals surface area contributed by atoms with Gasteiger partial charge in [-0.15, -0.1) is 0 Å². The molecule has 0 aliphatic carbocycles. The first-order valence-corrected chi connectivity index (χ1v) is 6.77. The summed E-state index contributed by atoms with van der Waals surface area (Å²) in [6.45, 7) is 1.27. The molecule has 0 bridgehead atoms. The maximum absolute atomic E-state index is 11.8. The van der Waals surface area contributed by atoms with Crippen LogP contribution in [0.25, 0.3) is 0 Å². The standard InChI is InChI=1S/C13H18ClN3O3/c14-9-2-1-8(5-10(9)15)16-13(20)3-4-17-6-11(18)12(19)7-17/h1-2,5,11-12,18-19H,3-4,6-7,15H2,(H,16,20). The third-order valence-corrected chi connectivity index (χ3v) is 3.61. The van der Waals surface area contributed by atoms with E-state index in [9.17, 15) is 15.0 Å². The smallest absolute Gasteiger partial charge is 0.225 e. The number of anilines is 2. The molecule has 0 aromatic heterocycles. The number of nitrogens with one attached hydrogen (secondary N) is 1. The number of nitrogen functional groups attached to an aromatic ring is 1. The summed E-state index contributed by atoms with van der Waals surface area (Å²) in [5.41, 5.74) is 6.66. The molecule has 5 N–H and O–H groups in total. The molecule has 6 nitrogen and oxygen atoms in total. The van der Waals surface area contributed by atoms with Gasteiger partial charge in [0.15, 0.2) is 0 Å². The lowest BCUT2D eigenvalue weighted by Gasteiger charge is -2.14. The van der Waals surface area contributed by atoms with Gasteiger partial charge in [0.05, 0.1) is 22.9 Å². The molecule has 1 aromatic carbocycles. The second-order valence-corrected chi connectivity index (χ2v) is 5.34. The van der Waals surface area contributed by atoms with Crippen LogP contribution in [0.15, 0.2) is 18.2 Å². The maximum atomic E-state index is 11.8. The highest BCUT2D eigenvalue weighted by Crippen LogP contribution is 2.22. The molecule has 0 saturated carbocycles. The Morgan fingerprint density at radius 3 is 2.65 bits per heavy atom. The van der Waals surface area contributed by atoms with Crippen molar-refractivity contribution in [3.05, 3.63) is 23.2 Å². The maximum Gasteiger partial charge on any atom is 0.225 e. The molecule has 1 aliphatic rings. The van der Waals surface area contributed by atoms with Crippen molar-refractivity contribution in [1.82, 2.24) is 4.90 Å². The van der Waals surface area contributed by atoms with Crippen molar-refractivity contribution in [3.63, 3.8) is 0 Å². The number of likely N-dealkylation sites (tertiary alicyclic amines) is 1. The fourth-order valence-electron chi connectivity index (χ4n) is 2.13. The highest BCUT2D eigenvalue weighted by molar-refractivity contribution is 6.33. The third-order valence-electron chi connectivity index (χ3n) is 3.27. The Morgan fingerprint density at radius 1 is 1.40 bits per heavy atom. The number of carbonyl (C=O) groups excluding carboxylic acids is 1. The number of nitrogens with zero attached hydrogens (tertiary/aromatic N) is 1. The van der Waals surface area contributed by atoms with Crippen LogP contribution in [-0.2, 0) is 4.79 Å². The van der Waals surface area contributed by atoms with Crippen LogP contribution in [0, 0.1) is 0 Å². The number of aliphatic hydroxyl groups is 2. The van der Waals surface area contributed by atoms with Crippen molar-refractivity contribution < 1.29 is 15.0 Å². The van der Waals surface area contributed by atoms with Crippen LogP contribution < -0.4 is 11.1 Å². The Kier molecular flexibility index (Phi) is 4.82. The number of amides is 1. The molecule has 0 radical (unpaired) electrons. The minimum atomic E-state index is -0.728. The van der Waals surface area contributed by atoms with Gasteiger partial charge in [0.1, 0.15) is 0 Å². The number of carbonyl (C=O) groups is 1. The van der Waals surface area contributed by atoms with Gasteiger partial charge in [-0.1, -0.05) is 11.6 Å². The first-order chi connectivity index (χ1) is 9.45. The third kappa shape index (κ3) is 3.83. The van der Waals surface area contributed by atoms with Gasteiger partial charge in [0.25, 0.3) is 0 Å². The summed E-state index contributed by atoms with van der Waals surface area (Å²) in [5, 5.41) is 22.0. The molecule has 1 aliphatic heterocycles. The van der Waals surface area contributed by atoms with Crippen molar-refractivity contribution in [2.24, 2.45) is 0 Å². The van der Waals surface area contributed by atoms with Crippen molar-refractivity contribution in [2.45, 2.75) is 18.6 Å². The summed E-state index contributed by atoms with van der Waals surface area (Å²) in [6, 6.07) is 4.91. The Balaban J connectivity index is 1.79. The number of nitrogens with two attached hydrogens (primary N) is 1. The Hall–Kier alpha value is -1.34. The number of halogens is 1. The minimum absolute atomic E-state index is 0.150. The van der Waals surface area contributed by atoms with Gasteiger partial charge in [-0.25, -0.2) is 0 Å². The summed E-state index contributed by atoms with van der Waals surface area (Å²) in [4.78, 5) is 13.6. The normalized spacial score (nSPS) is 22.9. The van der Waals surface area contributed by atoms with Crippen LogP contribution in [0.3, 0.4) is 0 Å². The van der Waals surface area contributed by atoms with Crippen molar-refractivity contribution in [1.29, 1.82) is 0 Å². The van der Waals surface area contributed by atoms with Crippen LogP contribution in [-0.4, -0.2) is 52.9 Å². The Bertz CT molecular complexity index is 488. The topological polar surface area (TPSA) is 98.8 Å². The molecule has 7 heteroatoms. The molecule has 2 atom stereocenters. The average molecular weight is 300 g/mol. The molecule has 2 rings (SSSR count). The fourth-order valence-corrected chi connectivity index (χ4v) is 2.25. The number of hydrogen-bond acceptors (Lipinski definition) is 5. The van der Waals surface area contributed by atoms with Crippen molar-refractivity contribution >= 4 is 28.9 Å². The van der Waals surface area contributed by atoms with Crippen LogP contribution in [0.1, 0.15) is 6.42 Å². The zero-order valence-electron chi connectivity index (χ0n) is 10.9. The van der Waals surface area contributed by atoms with Crippen LogP contribution in [0.4, 0.5) is 11.4 Å². The lowest BCUT2D eigenvalue weighted by Crippen LogP contribution is -2.27. The van der Waals surface area contributed by atoms with Gasteiger partial charge in [0.2, 0.25) is 5.91 Å². The monoisotopic (exact) mass is 299 g/mol. The number of hydrogen-bond donors (Lipinski definition) is 4. The second-order valence-electron chi connectivity index (χ2n) is 4.93. The summed E-state index contributed by atoms with van der Waals surface area (Å²) in [5.74, 6) is -0.150. The van der Waals surface area contributed by atoms with E-state index < -0.39 is 12.2 Å². The predicted octanol–water partition coefficient (Wildman–Crippen LogP) is 0.288. The molecule has 1 saturated heterocycles. The average Bonchev–Trinajstić information content (AvgIpc) is 2.71. The van der Waals surface area contributed by atoms with Crippen molar-refractivity contribution in [2.75, 3.05) is 30.7 Å². The number of β-amino-alcohol motifs (C(OH)–C–C–N with tert-alkyl or cyclic N) is 2. The SMILES string of the molecule is Nc1cc(NC(=O)CCN2CC(O)C(O)C2)ccc1Cl. The summed E-state index contributed by atoms with van der Waals surface area (Å²) in [7, 11) is 0. The second kappa shape index (κ2) is 6.41. The van der Waals surface area contributed by atoms with E-state index in [0.717, 1.165) is 0 Å². The zero-order valence-corrected chi connectivity index (χ0v) is 11.7. The van der Waals surface area contributed by atoms with E-state index >= 15 is 0 Å². The zero-order chi connectivity index (χ0) is 14.7. The predicted molar refractivity (Wildman–Crippen MR) is 77.6 cm³/mol. The van der Waals surface area contributed by atoms with Gasteiger partial charge < -0.3 is 21.3 Å². The highest BCUT2D eigenvalue weighted by atomic mass is 35.5.